The van der Waals surface area contributed by atoms with Gasteiger partial charge in [0.25, 0.3) is 0 Å². The van der Waals surface area contributed by atoms with Crippen molar-refractivity contribution in [1.29, 1.82) is 0 Å². The molecule has 0 aromatic rings. The molecule has 6 N–H and O–H groups in total. The molecular weight excluding hydrogens is 348 g/mol. The van der Waals surface area contributed by atoms with Crippen molar-refractivity contribution in [3.05, 3.63) is 0 Å². The van der Waals surface area contributed by atoms with Crippen LogP contribution in [-0.4, -0.2) is 67.9 Å². The van der Waals surface area contributed by atoms with Crippen LogP contribution in [0.2, 0.25) is 0 Å². The Balaban J connectivity index is -0.000000328. The summed E-state index contributed by atoms with van der Waals surface area (Å²) in [6.07, 6.45) is 7.10. The van der Waals surface area contributed by atoms with Gasteiger partial charge in [-0.05, 0) is 6.42 Å². The van der Waals surface area contributed by atoms with E-state index in [4.69, 9.17) is 30.6 Å². The minimum absolute atomic E-state index is 0.296. The standard InChI is InChI=1S/C10H20O2.C4H6O4.C3H8O3/c1-2-3-4-5-6-7-8-9-10(11)12;5-3(6)1-2-4(7)8;4-1-3(6)2-5/h2-9H2,1H3,(H,11,12);1-2H2,(H,5,6)(H,7,8);3-6H,1-2H2. The molecule has 9 heteroatoms. The summed E-state index contributed by atoms with van der Waals surface area (Å²) in [6.45, 7) is 1.47. The van der Waals surface area contributed by atoms with Crippen LogP contribution in [0.1, 0.15) is 71.1 Å². The molecule has 0 aromatic carbocycles. The molecule has 0 aliphatic heterocycles. The zero-order valence-electron chi connectivity index (χ0n) is 15.5. The molecule has 0 bridgehead atoms. The predicted octanol–water partition coefficient (Wildman–Crippen LogP) is 1.48. The Morgan fingerprint density at radius 1 is 0.654 bits per heavy atom. The lowest BCUT2D eigenvalue weighted by atomic mass is 10.1. The Kier molecular flexibility index (Phi) is 26.0. The highest BCUT2D eigenvalue weighted by atomic mass is 16.4. The second-order valence-electron chi connectivity index (χ2n) is 5.57. The Morgan fingerprint density at radius 3 is 1.27 bits per heavy atom. The van der Waals surface area contributed by atoms with E-state index in [-0.39, 0.29) is 26.1 Å². The van der Waals surface area contributed by atoms with Crippen molar-refractivity contribution in [3.63, 3.8) is 0 Å². The number of hydrogen-bond acceptors (Lipinski definition) is 6. The van der Waals surface area contributed by atoms with E-state index in [0.717, 1.165) is 12.8 Å². The molecule has 0 aromatic heterocycles. The number of rotatable bonds is 13. The maximum atomic E-state index is 10.1. The minimum Gasteiger partial charge on any atom is -0.481 e. The average Bonchev–Trinajstić information content (AvgIpc) is 2.59. The lowest BCUT2D eigenvalue weighted by molar-refractivity contribution is -0.143. The predicted molar refractivity (Wildman–Crippen MR) is 94.9 cm³/mol. The number of aliphatic carboxylic acids is 3. The number of aliphatic hydroxyl groups excluding tert-OH is 3. The van der Waals surface area contributed by atoms with Crippen molar-refractivity contribution >= 4 is 17.9 Å². The summed E-state index contributed by atoms with van der Waals surface area (Å²) in [4.78, 5) is 29.4. The van der Waals surface area contributed by atoms with Gasteiger partial charge in [-0.15, -0.1) is 0 Å². The third kappa shape index (κ3) is 38.1. The zero-order valence-corrected chi connectivity index (χ0v) is 15.5. The molecule has 0 heterocycles. The quantitative estimate of drug-likeness (QED) is 0.258. The highest BCUT2D eigenvalue weighted by Crippen LogP contribution is 2.07. The molecule has 0 spiro atoms. The number of hydrogen-bond donors (Lipinski definition) is 6. The first kappa shape index (κ1) is 29.1. The van der Waals surface area contributed by atoms with Crippen LogP contribution in [0.5, 0.6) is 0 Å². The maximum Gasteiger partial charge on any atom is 0.303 e. The summed E-state index contributed by atoms with van der Waals surface area (Å²) < 4.78 is 0. The Bertz CT molecular complexity index is 327. The second-order valence-corrected chi connectivity index (χ2v) is 5.57. The Labute approximate surface area is 154 Å². The van der Waals surface area contributed by atoms with Gasteiger partial charge in [0.1, 0.15) is 6.10 Å². The summed E-state index contributed by atoms with van der Waals surface area (Å²) in [5.41, 5.74) is 0. The van der Waals surface area contributed by atoms with Crippen LogP contribution < -0.4 is 0 Å². The first-order chi connectivity index (χ1) is 12.2. The molecule has 0 unspecified atom stereocenters. The molecule has 9 nitrogen and oxygen atoms in total. The first-order valence-corrected chi connectivity index (χ1v) is 8.76. The Morgan fingerprint density at radius 2 is 1.00 bits per heavy atom. The fourth-order valence-electron chi connectivity index (χ4n) is 1.50. The number of carboxylic acids is 3. The largest absolute Gasteiger partial charge is 0.481 e. The van der Waals surface area contributed by atoms with E-state index in [1.165, 1.54) is 32.1 Å². The summed E-state index contributed by atoms with van der Waals surface area (Å²) in [6, 6.07) is 0. The van der Waals surface area contributed by atoms with E-state index in [2.05, 4.69) is 6.92 Å². The van der Waals surface area contributed by atoms with Gasteiger partial charge < -0.3 is 30.6 Å². The maximum absolute atomic E-state index is 10.1. The van der Waals surface area contributed by atoms with Crippen LogP contribution in [0.3, 0.4) is 0 Å². The Hall–Kier alpha value is -1.71. The molecule has 0 aliphatic rings. The molecular formula is C17H34O9. The third-order valence-corrected chi connectivity index (χ3v) is 2.97. The fourth-order valence-corrected chi connectivity index (χ4v) is 1.50. The van der Waals surface area contributed by atoms with E-state index in [9.17, 15) is 14.4 Å². The van der Waals surface area contributed by atoms with Gasteiger partial charge in [0.05, 0.1) is 26.1 Å². The van der Waals surface area contributed by atoms with Gasteiger partial charge >= 0.3 is 17.9 Å². The van der Waals surface area contributed by atoms with Crippen molar-refractivity contribution in [2.45, 2.75) is 77.2 Å². The van der Waals surface area contributed by atoms with Crippen LogP contribution in [0, 0.1) is 0 Å². The zero-order chi connectivity index (χ0) is 20.8. The SMILES string of the molecule is CCCCCCCCCC(=O)O.O=C(O)CCC(=O)O.OCC(O)CO. The molecule has 0 fully saturated rings. The fraction of sp³-hybridized carbons (Fsp3) is 0.824. The average molecular weight is 382 g/mol. The van der Waals surface area contributed by atoms with E-state index in [1.54, 1.807) is 0 Å². The first-order valence-electron chi connectivity index (χ1n) is 8.76. The van der Waals surface area contributed by atoms with E-state index >= 15 is 0 Å². The van der Waals surface area contributed by atoms with Crippen LogP contribution >= 0.6 is 0 Å². The van der Waals surface area contributed by atoms with Crippen molar-refractivity contribution in [2.75, 3.05) is 13.2 Å². The van der Waals surface area contributed by atoms with Gasteiger partial charge in [0.2, 0.25) is 0 Å². The van der Waals surface area contributed by atoms with Gasteiger partial charge in [0.15, 0.2) is 0 Å². The highest BCUT2D eigenvalue weighted by molar-refractivity contribution is 5.75. The van der Waals surface area contributed by atoms with E-state index in [0.29, 0.717) is 6.42 Å². The lowest BCUT2D eigenvalue weighted by Crippen LogP contribution is -2.15. The van der Waals surface area contributed by atoms with Crippen LogP contribution in [-0.2, 0) is 14.4 Å². The normalized spacial score (nSPS) is 9.58. The van der Waals surface area contributed by atoms with Gasteiger partial charge in [-0.1, -0.05) is 45.4 Å². The van der Waals surface area contributed by atoms with Gasteiger partial charge in [-0.3, -0.25) is 14.4 Å². The van der Waals surface area contributed by atoms with Crippen molar-refractivity contribution in [3.8, 4) is 0 Å². The van der Waals surface area contributed by atoms with Gasteiger partial charge in [-0.25, -0.2) is 0 Å². The topological polar surface area (TPSA) is 173 Å². The number of carbonyl (C=O) groups is 3. The summed E-state index contributed by atoms with van der Waals surface area (Å²) >= 11 is 0. The number of carboxylic acid groups (broad SMARTS) is 3. The van der Waals surface area contributed by atoms with Crippen molar-refractivity contribution in [2.24, 2.45) is 0 Å². The van der Waals surface area contributed by atoms with Crippen LogP contribution in [0.4, 0.5) is 0 Å². The molecule has 0 radical (unpaired) electrons. The monoisotopic (exact) mass is 382 g/mol. The summed E-state index contributed by atoms with van der Waals surface area (Å²) in [5.74, 6) is -2.82. The molecule has 26 heavy (non-hydrogen) atoms. The van der Waals surface area contributed by atoms with Crippen LogP contribution in [0.15, 0.2) is 0 Å². The molecule has 0 rings (SSSR count). The number of aliphatic hydroxyl groups is 3. The van der Waals surface area contributed by atoms with Gasteiger partial charge in [0, 0.05) is 6.42 Å². The highest BCUT2D eigenvalue weighted by Gasteiger charge is 2.00. The van der Waals surface area contributed by atoms with E-state index < -0.39 is 24.0 Å². The minimum atomic E-state index is -1.08. The second kappa shape index (κ2) is 23.3. The van der Waals surface area contributed by atoms with Crippen molar-refractivity contribution < 1.29 is 45.0 Å². The molecule has 0 amide bonds. The molecule has 0 saturated heterocycles. The summed E-state index contributed by atoms with van der Waals surface area (Å²) in [7, 11) is 0. The number of unbranched alkanes of at least 4 members (excludes halogenated alkanes) is 6. The molecule has 156 valence electrons. The van der Waals surface area contributed by atoms with Gasteiger partial charge in [-0.2, -0.15) is 0 Å². The summed E-state index contributed by atoms with van der Waals surface area (Å²) in [5, 5.41) is 48.2. The molecule has 0 atom stereocenters. The smallest absolute Gasteiger partial charge is 0.303 e. The van der Waals surface area contributed by atoms with Crippen LogP contribution in [0.25, 0.3) is 0 Å². The van der Waals surface area contributed by atoms with Crippen molar-refractivity contribution in [1.82, 2.24) is 0 Å². The van der Waals surface area contributed by atoms with E-state index in [1.807, 2.05) is 0 Å². The molecule has 0 saturated carbocycles. The third-order valence-electron chi connectivity index (χ3n) is 2.97. The lowest BCUT2D eigenvalue weighted by Gasteiger charge is -1.98. The molecule has 0 aliphatic carbocycles.